The van der Waals surface area contributed by atoms with Gasteiger partial charge in [0.15, 0.2) is 0 Å². The van der Waals surface area contributed by atoms with Crippen LogP contribution in [0, 0.1) is 5.41 Å². The van der Waals surface area contributed by atoms with Crippen molar-refractivity contribution in [2.75, 3.05) is 0 Å². The molecule has 1 atom stereocenters. The summed E-state index contributed by atoms with van der Waals surface area (Å²) in [6.45, 7) is 4.04. The predicted octanol–water partition coefficient (Wildman–Crippen LogP) is 3.62. The standard InChI is InChI=1S/C19H18O2/c1-14-2-3-16-5-4-15-6-7-17(18(8-15)12-20)11-19(9-14,10-16)13-21/h2-3,6-8,10,12-13H,1,4-5,9,11H2/t19-/m1/s1. The third-order valence-electron chi connectivity index (χ3n) is 4.36. The molecule has 3 aliphatic carbocycles. The highest BCUT2D eigenvalue weighted by atomic mass is 16.1. The SMILES string of the molecule is C=C1C=CC2=C[C@](C=O)(C1)Cc1ccc(cc1C=O)CC2. The lowest BCUT2D eigenvalue weighted by atomic mass is 9.75. The van der Waals surface area contributed by atoms with Crippen molar-refractivity contribution in [1.82, 2.24) is 0 Å². The number of aldehydes is 2. The van der Waals surface area contributed by atoms with E-state index in [2.05, 4.69) is 24.8 Å². The second-order valence-electron chi connectivity index (χ2n) is 6.07. The molecule has 2 heteroatoms. The van der Waals surface area contributed by atoms with Gasteiger partial charge in [-0.3, -0.25) is 4.79 Å². The minimum Gasteiger partial charge on any atom is -0.302 e. The van der Waals surface area contributed by atoms with Crippen LogP contribution in [0.1, 0.15) is 34.3 Å². The molecule has 0 amide bonds. The number of fused-ring (bicyclic) bond motifs is 3. The van der Waals surface area contributed by atoms with Gasteiger partial charge in [0.1, 0.15) is 12.6 Å². The first-order valence-electron chi connectivity index (χ1n) is 7.25. The third-order valence-corrected chi connectivity index (χ3v) is 4.36. The van der Waals surface area contributed by atoms with Crippen LogP contribution in [-0.4, -0.2) is 12.6 Å². The molecule has 4 rings (SSSR count). The summed E-state index contributed by atoms with van der Waals surface area (Å²) >= 11 is 0. The first-order valence-corrected chi connectivity index (χ1v) is 7.25. The molecule has 106 valence electrons. The van der Waals surface area contributed by atoms with Gasteiger partial charge in [-0.1, -0.05) is 48.1 Å². The Balaban J connectivity index is 2.16. The van der Waals surface area contributed by atoms with Crippen molar-refractivity contribution in [3.8, 4) is 0 Å². The molecule has 0 saturated heterocycles. The lowest BCUT2D eigenvalue weighted by Gasteiger charge is -2.26. The van der Waals surface area contributed by atoms with Gasteiger partial charge < -0.3 is 4.79 Å². The smallest absolute Gasteiger partial charge is 0.150 e. The Hall–Kier alpha value is -2.22. The maximum Gasteiger partial charge on any atom is 0.150 e. The molecular formula is C19H18O2. The van der Waals surface area contributed by atoms with Crippen LogP contribution in [0.5, 0.6) is 0 Å². The van der Waals surface area contributed by atoms with Gasteiger partial charge in [-0.05, 0) is 42.9 Å². The van der Waals surface area contributed by atoms with Crippen LogP contribution in [0.15, 0.2) is 54.2 Å². The highest BCUT2D eigenvalue weighted by Gasteiger charge is 2.31. The first-order chi connectivity index (χ1) is 10.1. The lowest BCUT2D eigenvalue weighted by molar-refractivity contribution is -0.114. The van der Waals surface area contributed by atoms with E-state index in [9.17, 15) is 9.59 Å². The molecule has 21 heavy (non-hydrogen) atoms. The highest BCUT2D eigenvalue weighted by Crippen LogP contribution is 2.36. The van der Waals surface area contributed by atoms with Gasteiger partial charge in [0.25, 0.3) is 0 Å². The topological polar surface area (TPSA) is 34.1 Å². The third kappa shape index (κ3) is 2.66. The monoisotopic (exact) mass is 278 g/mol. The van der Waals surface area contributed by atoms with Crippen molar-refractivity contribution in [3.63, 3.8) is 0 Å². The molecule has 0 fully saturated rings. The van der Waals surface area contributed by atoms with Crippen molar-refractivity contribution >= 4 is 12.6 Å². The van der Waals surface area contributed by atoms with E-state index >= 15 is 0 Å². The van der Waals surface area contributed by atoms with Crippen molar-refractivity contribution in [2.45, 2.75) is 25.7 Å². The van der Waals surface area contributed by atoms with Gasteiger partial charge in [-0.2, -0.15) is 0 Å². The molecule has 0 aromatic heterocycles. The lowest BCUT2D eigenvalue weighted by Crippen LogP contribution is -2.25. The Kier molecular flexibility index (Phi) is 3.46. The van der Waals surface area contributed by atoms with E-state index in [1.807, 2.05) is 18.2 Å². The van der Waals surface area contributed by atoms with Crippen molar-refractivity contribution in [2.24, 2.45) is 5.41 Å². The van der Waals surface area contributed by atoms with Crippen LogP contribution >= 0.6 is 0 Å². The average molecular weight is 278 g/mol. The van der Waals surface area contributed by atoms with Crippen LogP contribution in [0.2, 0.25) is 0 Å². The molecule has 4 bridgehead atoms. The van der Waals surface area contributed by atoms with Crippen LogP contribution in [0.3, 0.4) is 0 Å². The zero-order valence-corrected chi connectivity index (χ0v) is 12.0. The highest BCUT2D eigenvalue weighted by molar-refractivity contribution is 5.78. The van der Waals surface area contributed by atoms with Crippen molar-refractivity contribution in [1.29, 1.82) is 0 Å². The Morgan fingerprint density at radius 2 is 1.95 bits per heavy atom. The second-order valence-corrected chi connectivity index (χ2v) is 6.07. The molecule has 3 aliphatic rings. The summed E-state index contributed by atoms with van der Waals surface area (Å²) in [5.41, 5.74) is 4.34. The number of hydrogen-bond acceptors (Lipinski definition) is 2. The van der Waals surface area contributed by atoms with Gasteiger partial charge in [0, 0.05) is 5.56 Å². The Bertz CT molecular complexity index is 679. The summed E-state index contributed by atoms with van der Waals surface area (Å²) in [7, 11) is 0. The molecule has 0 spiro atoms. The molecule has 0 radical (unpaired) electrons. The maximum atomic E-state index is 11.9. The van der Waals surface area contributed by atoms with Crippen LogP contribution in [0.4, 0.5) is 0 Å². The second kappa shape index (κ2) is 5.28. The Morgan fingerprint density at radius 3 is 2.71 bits per heavy atom. The molecule has 0 N–H and O–H groups in total. The quantitative estimate of drug-likeness (QED) is 0.774. The van der Waals surface area contributed by atoms with Crippen LogP contribution in [0.25, 0.3) is 0 Å². The molecule has 2 nitrogen and oxygen atoms in total. The largest absolute Gasteiger partial charge is 0.302 e. The van der Waals surface area contributed by atoms with Crippen molar-refractivity contribution < 1.29 is 9.59 Å². The number of carbonyl (C=O) groups excluding carboxylic acids is 2. The Morgan fingerprint density at radius 1 is 1.10 bits per heavy atom. The predicted molar refractivity (Wildman–Crippen MR) is 83.3 cm³/mol. The summed E-state index contributed by atoms with van der Waals surface area (Å²) < 4.78 is 0. The number of hydrogen-bond donors (Lipinski definition) is 0. The zero-order valence-electron chi connectivity index (χ0n) is 12.0. The summed E-state index contributed by atoms with van der Waals surface area (Å²) in [5.74, 6) is 0. The molecule has 0 saturated carbocycles. The van der Waals surface area contributed by atoms with Gasteiger partial charge in [-0.25, -0.2) is 0 Å². The summed E-state index contributed by atoms with van der Waals surface area (Å²) in [6, 6.07) is 6.01. The van der Waals surface area contributed by atoms with E-state index in [0.29, 0.717) is 18.4 Å². The minimum absolute atomic E-state index is 0.551. The fourth-order valence-electron chi connectivity index (χ4n) is 3.28. The zero-order chi connectivity index (χ0) is 14.9. The van der Waals surface area contributed by atoms with Gasteiger partial charge in [-0.15, -0.1) is 0 Å². The normalized spacial score (nSPS) is 24.2. The fourth-order valence-corrected chi connectivity index (χ4v) is 3.28. The molecule has 1 aromatic rings. The number of rotatable bonds is 2. The van der Waals surface area contributed by atoms with E-state index in [1.54, 1.807) is 0 Å². The van der Waals surface area contributed by atoms with E-state index in [4.69, 9.17) is 0 Å². The van der Waals surface area contributed by atoms with E-state index in [0.717, 1.165) is 42.1 Å². The van der Waals surface area contributed by atoms with E-state index in [-0.39, 0.29) is 0 Å². The number of benzene rings is 1. The number of carbonyl (C=O) groups is 2. The van der Waals surface area contributed by atoms with Crippen LogP contribution in [-0.2, 0) is 17.6 Å². The van der Waals surface area contributed by atoms with E-state index in [1.165, 1.54) is 5.57 Å². The molecule has 0 aliphatic heterocycles. The average Bonchev–Trinajstić information content (AvgIpc) is 2.65. The molecule has 0 unspecified atom stereocenters. The first kappa shape index (κ1) is 13.7. The summed E-state index contributed by atoms with van der Waals surface area (Å²) in [4.78, 5) is 23.2. The van der Waals surface area contributed by atoms with Gasteiger partial charge in [0.2, 0.25) is 0 Å². The minimum atomic E-state index is -0.591. The molecule has 1 aromatic carbocycles. The van der Waals surface area contributed by atoms with Gasteiger partial charge in [0.05, 0.1) is 5.41 Å². The van der Waals surface area contributed by atoms with E-state index < -0.39 is 5.41 Å². The maximum absolute atomic E-state index is 11.9. The summed E-state index contributed by atoms with van der Waals surface area (Å²) in [5, 5.41) is 0. The summed E-state index contributed by atoms with van der Waals surface area (Å²) in [6.07, 6.45) is 11.0. The van der Waals surface area contributed by atoms with Crippen molar-refractivity contribution in [3.05, 3.63) is 70.8 Å². The molecule has 0 heterocycles. The van der Waals surface area contributed by atoms with Crippen LogP contribution < -0.4 is 0 Å². The number of allylic oxidation sites excluding steroid dienone is 5. The fraction of sp³-hybridized carbons (Fsp3) is 0.263. The molecular weight excluding hydrogens is 260 g/mol. The van der Waals surface area contributed by atoms with Gasteiger partial charge >= 0.3 is 0 Å². The Labute approximate surface area is 124 Å². The number of aryl methyl sites for hydroxylation is 1.